The number of hydrogen-bond acceptors (Lipinski definition) is 6. The number of ether oxygens (including phenoxy) is 4. The molecule has 2 aromatic carbocycles. The van der Waals surface area contributed by atoms with Gasteiger partial charge in [-0.15, -0.1) is 0 Å². The lowest BCUT2D eigenvalue weighted by Crippen LogP contribution is -2.34. The molecular weight excluding hydrogens is 442 g/mol. The molecule has 0 radical (unpaired) electrons. The normalized spacial score (nSPS) is 19.5. The zero-order chi connectivity index (χ0) is 25.5. The number of benzene rings is 2. The lowest BCUT2D eigenvalue weighted by Gasteiger charge is -2.40. The minimum absolute atomic E-state index is 0.236. The van der Waals surface area contributed by atoms with Crippen LogP contribution in [0.4, 0.5) is 0 Å². The van der Waals surface area contributed by atoms with Crippen molar-refractivity contribution >= 4 is 0 Å². The van der Waals surface area contributed by atoms with Gasteiger partial charge in [0.25, 0.3) is 0 Å². The first-order valence-corrected chi connectivity index (χ1v) is 12.6. The summed E-state index contributed by atoms with van der Waals surface area (Å²) in [5, 5.41) is 11.4. The maximum atomic E-state index is 11.4. The minimum Gasteiger partial charge on any atom is -0.493 e. The van der Waals surface area contributed by atoms with Crippen LogP contribution in [0.15, 0.2) is 30.3 Å². The Labute approximate surface area is 211 Å². The van der Waals surface area contributed by atoms with E-state index in [9.17, 15) is 5.11 Å². The highest BCUT2D eigenvalue weighted by Crippen LogP contribution is 2.46. The molecule has 0 bridgehead atoms. The average molecular weight is 486 g/mol. The van der Waals surface area contributed by atoms with Gasteiger partial charge in [-0.1, -0.05) is 19.9 Å². The largest absolute Gasteiger partial charge is 0.493 e. The van der Waals surface area contributed by atoms with E-state index in [1.807, 2.05) is 18.2 Å². The van der Waals surface area contributed by atoms with Crippen molar-refractivity contribution in [1.82, 2.24) is 4.90 Å². The van der Waals surface area contributed by atoms with Crippen molar-refractivity contribution in [3.63, 3.8) is 0 Å². The third-order valence-electron chi connectivity index (χ3n) is 7.54. The Hall–Kier alpha value is -2.44. The number of likely N-dealkylation sites (N-methyl/N-ethyl adjacent to an activating group) is 1. The standard InChI is InChI=1S/C29H43NO5/c1-19(2)23-16-21-17-27(34-6)28(35-7)18-24(21)29(31)22(23)9-8-13-30(3)14-12-20-10-11-25(32-4)26(15-20)33-5/h10-11,15,17-19,22-23,29,31H,8-9,12-14,16H2,1-7H3/t22-,23?,29-/m1/s1. The fraction of sp³-hybridized carbons (Fsp3) is 0.586. The van der Waals surface area contributed by atoms with Crippen LogP contribution < -0.4 is 18.9 Å². The number of fused-ring (bicyclic) bond motifs is 1. The number of methoxy groups -OCH3 is 4. The van der Waals surface area contributed by atoms with Crippen molar-refractivity contribution in [3.8, 4) is 23.0 Å². The molecular formula is C29H43NO5. The molecule has 0 aliphatic heterocycles. The van der Waals surface area contributed by atoms with E-state index in [0.29, 0.717) is 17.6 Å². The fourth-order valence-corrected chi connectivity index (χ4v) is 5.43. The number of aliphatic hydroxyl groups is 1. The smallest absolute Gasteiger partial charge is 0.161 e. The van der Waals surface area contributed by atoms with Crippen LogP contribution in [0.1, 0.15) is 49.5 Å². The van der Waals surface area contributed by atoms with E-state index < -0.39 is 6.10 Å². The zero-order valence-corrected chi connectivity index (χ0v) is 22.5. The summed E-state index contributed by atoms with van der Waals surface area (Å²) in [6, 6.07) is 10.1. The van der Waals surface area contributed by atoms with Gasteiger partial charge in [-0.05, 0) is 98.0 Å². The second kappa shape index (κ2) is 12.5. The van der Waals surface area contributed by atoms with Gasteiger partial charge in [-0.3, -0.25) is 0 Å². The van der Waals surface area contributed by atoms with Crippen LogP contribution in [0.25, 0.3) is 0 Å². The summed E-state index contributed by atoms with van der Waals surface area (Å²) in [5.41, 5.74) is 3.40. The molecule has 2 aromatic rings. The van der Waals surface area contributed by atoms with Crippen molar-refractivity contribution in [2.45, 2.75) is 45.6 Å². The molecule has 194 valence electrons. The summed E-state index contributed by atoms with van der Waals surface area (Å²) in [4.78, 5) is 2.37. The molecule has 6 nitrogen and oxygen atoms in total. The van der Waals surface area contributed by atoms with Crippen LogP contribution in [0.2, 0.25) is 0 Å². The minimum atomic E-state index is -0.483. The third-order valence-corrected chi connectivity index (χ3v) is 7.54. The van der Waals surface area contributed by atoms with Crippen molar-refractivity contribution in [3.05, 3.63) is 47.0 Å². The Balaban J connectivity index is 1.60. The molecule has 35 heavy (non-hydrogen) atoms. The number of rotatable bonds is 12. The van der Waals surface area contributed by atoms with Gasteiger partial charge < -0.3 is 29.0 Å². The Kier molecular flexibility index (Phi) is 9.70. The van der Waals surface area contributed by atoms with E-state index in [-0.39, 0.29) is 5.92 Å². The highest BCUT2D eigenvalue weighted by molar-refractivity contribution is 5.49. The summed E-state index contributed by atoms with van der Waals surface area (Å²) in [6.45, 7) is 6.51. The third kappa shape index (κ3) is 6.42. The Morgan fingerprint density at radius 1 is 0.886 bits per heavy atom. The van der Waals surface area contributed by atoms with Gasteiger partial charge in [-0.25, -0.2) is 0 Å². The van der Waals surface area contributed by atoms with Crippen LogP contribution in [0.3, 0.4) is 0 Å². The molecule has 1 aliphatic rings. The number of aliphatic hydroxyl groups excluding tert-OH is 1. The highest BCUT2D eigenvalue weighted by atomic mass is 16.5. The van der Waals surface area contributed by atoms with Gasteiger partial charge in [0.05, 0.1) is 34.5 Å². The topological polar surface area (TPSA) is 60.4 Å². The van der Waals surface area contributed by atoms with Crippen molar-refractivity contribution in [2.24, 2.45) is 17.8 Å². The number of hydrogen-bond donors (Lipinski definition) is 1. The van der Waals surface area contributed by atoms with E-state index in [1.165, 1.54) is 11.1 Å². The molecule has 6 heteroatoms. The van der Waals surface area contributed by atoms with Crippen LogP contribution in [-0.4, -0.2) is 58.6 Å². The first-order chi connectivity index (χ1) is 16.8. The highest BCUT2D eigenvalue weighted by Gasteiger charge is 2.37. The molecule has 0 saturated carbocycles. The summed E-state index contributed by atoms with van der Waals surface area (Å²) in [6.07, 6.45) is 3.48. The van der Waals surface area contributed by atoms with Crippen LogP contribution in [-0.2, 0) is 12.8 Å². The van der Waals surface area contributed by atoms with Gasteiger partial charge in [0.2, 0.25) is 0 Å². The molecule has 0 saturated heterocycles. The predicted molar refractivity (Wildman–Crippen MR) is 140 cm³/mol. The Bertz CT molecular complexity index is 960. The maximum absolute atomic E-state index is 11.4. The average Bonchev–Trinajstić information content (AvgIpc) is 2.87. The second-order valence-corrected chi connectivity index (χ2v) is 10.0. The molecule has 3 rings (SSSR count). The molecule has 0 spiro atoms. The lowest BCUT2D eigenvalue weighted by atomic mass is 9.68. The fourth-order valence-electron chi connectivity index (χ4n) is 5.43. The molecule has 1 aliphatic carbocycles. The van der Waals surface area contributed by atoms with Crippen molar-refractivity contribution in [2.75, 3.05) is 48.6 Å². The van der Waals surface area contributed by atoms with Gasteiger partial charge in [-0.2, -0.15) is 0 Å². The van der Waals surface area contributed by atoms with Crippen molar-refractivity contribution in [1.29, 1.82) is 0 Å². The zero-order valence-electron chi connectivity index (χ0n) is 22.5. The van der Waals surface area contributed by atoms with Gasteiger partial charge >= 0.3 is 0 Å². The molecule has 0 fully saturated rings. The van der Waals surface area contributed by atoms with Crippen LogP contribution >= 0.6 is 0 Å². The van der Waals surface area contributed by atoms with Gasteiger partial charge in [0, 0.05) is 6.54 Å². The quantitative estimate of drug-likeness (QED) is 0.448. The van der Waals surface area contributed by atoms with Crippen molar-refractivity contribution < 1.29 is 24.1 Å². The molecule has 0 aromatic heterocycles. The second-order valence-electron chi connectivity index (χ2n) is 10.0. The van der Waals surface area contributed by atoms with Gasteiger partial charge in [0.1, 0.15) is 0 Å². The summed E-state index contributed by atoms with van der Waals surface area (Å²) < 4.78 is 21.8. The van der Waals surface area contributed by atoms with E-state index in [0.717, 1.165) is 61.6 Å². The first kappa shape index (κ1) is 27.2. The monoisotopic (exact) mass is 485 g/mol. The SMILES string of the molecule is COc1ccc(CCN(C)CCC[C@@H]2C(C(C)C)Cc3cc(OC)c(OC)cc3[C@@H]2O)cc1OC. The molecule has 3 atom stereocenters. The summed E-state index contributed by atoms with van der Waals surface area (Å²) in [7, 11) is 8.80. The van der Waals surface area contributed by atoms with Gasteiger partial charge in [0.15, 0.2) is 23.0 Å². The molecule has 0 amide bonds. The van der Waals surface area contributed by atoms with Crippen LogP contribution in [0.5, 0.6) is 23.0 Å². The summed E-state index contributed by atoms with van der Waals surface area (Å²) >= 11 is 0. The lowest BCUT2D eigenvalue weighted by molar-refractivity contribution is 0.0343. The van der Waals surface area contributed by atoms with E-state index in [1.54, 1.807) is 28.4 Å². The molecule has 0 heterocycles. The summed E-state index contributed by atoms with van der Waals surface area (Å²) in [5.74, 6) is 4.12. The number of nitrogens with zero attached hydrogens (tertiary/aromatic N) is 1. The van der Waals surface area contributed by atoms with E-state index in [2.05, 4.69) is 37.9 Å². The van der Waals surface area contributed by atoms with E-state index >= 15 is 0 Å². The maximum Gasteiger partial charge on any atom is 0.161 e. The predicted octanol–water partition coefficient (Wildman–Crippen LogP) is 5.15. The Morgan fingerprint density at radius 2 is 1.51 bits per heavy atom. The molecule has 1 unspecified atom stereocenters. The Morgan fingerprint density at radius 3 is 2.14 bits per heavy atom. The van der Waals surface area contributed by atoms with E-state index in [4.69, 9.17) is 18.9 Å². The van der Waals surface area contributed by atoms with Crippen LogP contribution in [0, 0.1) is 17.8 Å². The molecule has 1 N–H and O–H groups in total. The first-order valence-electron chi connectivity index (χ1n) is 12.6.